The lowest BCUT2D eigenvalue weighted by Gasteiger charge is -2.22. The zero-order valence-electron chi connectivity index (χ0n) is 16.0. The molecule has 3 rings (SSSR count). The number of carbonyl (C=O) groups is 1. The van der Waals surface area contributed by atoms with E-state index >= 15 is 0 Å². The molecule has 1 saturated carbocycles. The van der Waals surface area contributed by atoms with Crippen molar-refractivity contribution in [3.8, 4) is 11.8 Å². The molecule has 2 aromatic carbocycles. The Balaban J connectivity index is 0.000000248. The van der Waals surface area contributed by atoms with Gasteiger partial charge in [0.15, 0.2) is 0 Å². The minimum Gasteiger partial charge on any atom is -0.508 e. The van der Waals surface area contributed by atoms with Gasteiger partial charge in [0.05, 0.1) is 11.1 Å². The lowest BCUT2D eigenvalue weighted by molar-refractivity contribution is -0.137. The predicted molar refractivity (Wildman–Crippen MR) is 103 cm³/mol. The van der Waals surface area contributed by atoms with E-state index in [4.69, 9.17) is 10.4 Å². The summed E-state index contributed by atoms with van der Waals surface area (Å²) in [6, 6.07) is 9.30. The van der Waals surface area contributed by atoms with E-state index in [0.29, 0.717) is 5.69 Å². The van der Waals surface area contributed by atoms with Crippen LogP contribution >= 0.6 is 0 Å². The van der Waals surface area contributed by atoms with Crippen molar-refractivity contribution in [2.24, 2.45) is 0 Å². The van der Waals surface area contributed by atoms with Gasteiger partial charge in [-0.15, -0.1) is 0 Å². The Morgan fingerprint density at radius 3 is 2.23 bits per heavy atom. The second kappa shape index (κ2) is 10.5. The summed E-state index contributed by atoms with van der Waals surface area (Å²) in [5.41, 5.74) is -0.432. The van der Waals surface area contributed by atoms with Gasteiger partial charge in [-0.1, -0.05) is 19.3 Å². The van der Waals surface area contributed by atoms with E-state index in [1.165, 1.54) is 18.6 Å². The van der Waals surface area contributed by atoms with E-state index in [1.54, 1.807) is 6.07 Å². The predicted octanol–water partition coefficient (Wildman–Crippen LogP) is 5.56. The van der Waals surface area contributed by atoms with Crippen LogP contribution in [0, 0.1) is 17.1 Å². The number of hydrogen-bond donors (Lipinski definition) is 3. The Kier molecular flexibility index (Phi) is 8.04. The van der Waals surface area contributed by atoms with Crippen molar-refractivity contribution in [2.75, 3.05) is 5.32 Å². The fourth-order valence-electron chi connectivity index (χ4n) is 2.93. The van der Waals surface area contributed by atoms with E-state index < -0.39 is 17.6 Å². The second-order valence-corrected chi connectivity index (χ2v) is 6.78. The Morgan fingerprint density at radius 2 is 1.70 bits per heavy atom. The number of rotatable bonds is 2. The van der Waals surface area contributed by atoms with Crippen LogP contribution in [0.25, 0.3) is 0 Å². The van der Waals surface area contributed by atoms with Crippen LogP contribution in [0.3, 0.4) is 0 Å². The number of urea groups is 1. The quantitative estimate of drug-likeness (QED) is 0.553. The first-order chi connectivity index (χ1) is 14.2. The molecule has 0 spiro atoms. The molecular formula is C21H21F4N3O2. The summed E-state index contributed by atoms with van der Waals surface area (Å²) < 4.78 is 48.9. The number of nitrogens with one attached hydrogen (secondary N) is 2. The number of anilines is 1. The molecule has 1 aliphatic carbocycles. The largest absolute Gasteiger partial charge is 0.508 e. The number of nitrogens with zero attached hydrogens (tertiary/aromatic N) is 1. The number of phenols is 1. The van der Waals surface area contributed by atoms with Gasteiger partial charge < -0.3 is 15.7 Å². The first kappa shape index (κ1) is 23.0. The molecule has 0 atom stereocenters. The third-order valence-corrected chi connectivity index (χ3v) is 4.48. The molecule has 30 heavy (non-hydrogen) atoms. The zero-order valence-corrected chi connectivity index (χ0v) is 16.0. The SMILES string of the molecule is N#Cc1ccc(NC(=O)NC2CCCCC2)cc1F.Oc1ccc(C(F)(F)F)cc1. The molecule has 0 heterocycles. The molecular weight excluding hydrogens is 402 g/mol. The number of benzene rings is 2. The topological polar surface area (TPSA) is 85.2 Å². The van der Waals surface area contributed by atoms with E-state index in [-0.39, 0.29) is 23.4 Å². The lowest BCUT2D eigenvalue weighted by Crippen LogP contribution is -2.39. The summed E-state index contributed by atoms with van der Waals surface area (Å²) in [5, 5.41) is 22.7. The third-order valence-electron chi connectivity index (χ3n) is 4.48. The molecule has 0 aromatic heterocycles. The fraction of sp³-hybridized carbons (Fsp3) is 0.333. The van der Waals surface area contributed by atoms with Gasteiger partial charge in [0.25, 0.3) is 0 Å². The Morgan fingerprint density at radius 1 is 1.07 bits per heavy atom. The van der Waals surface area contributed by atoms with Crippen LogP contribution in [-0.4, -0.2) is 17.2 Å². The maximum Gasteiger partial charge on any atom is 0.416 e. The summed E-state index contributed by atoms with van der Waals surface area (Å²) in [6.07, 6.45) is 1.16. The molecule has 160 valence electrons. The first-order valence-electron chi connectivity index (χ1n) is 9.32. The molecule has 0 radical (unpaired) electrons. The molecule has 2 aromatic rings. The molecule has 1 aliphatic rings. The number of phenolic OH excluding ortho intramolecular Hbond substituents is 1. The Labute approximate surface area is 171 Å². The summed E-state index contributed by atoms with van der Waals surface area (Å²) in [4.78, 5) is 11.7. The molecule has 3 N–H and O–H groups in total. The highest BCUT2D eigenvalue weighted by molar-refractivity contribution is 5.89. The van der Waals surface area contributed by atoms with E-state index in [1.807, 2.05) is 0 Å². The number of halogens is 4. The zero-order chi connectivity index (χ0) is 22.1. The lowest BCUT2D eigenvalue weighted by atomic mass is 9.96. The molecule has 0 aliphatic heterocycles. The summed E-state index contributed by atoms with van der Waals surface area (Å²) in [5.74, 6) is -0.795. The molecule has 0 bridgehead atoms. The minimum atomic E-state index is -4.33. The van der Waals surface area contributed by atoms with Gasteiger partial charge in [-0.3, -0.25) is 0 Å². The molecule has 0 saturated heterocycles. The van der Waals surface area contributed by atoms with E-state index in [9.17, 15) is 22.4 Å². The highest BCUT2D eigenvalue weighted by Crippen LogP contribution is 2.29. The van der Waals surface area contributed by atoms with Gasteiger partial charge in [0.1, 0.15) is 17.6 Å². The van der Waals surface area contributed by atoms with E-state index in [0.717, 1.165) is 56.0 Å². The summed E-state index contributed by atoms with van der Waals surface area (Å²) in [6.45, 7) is 0. The number of alkyl halides is 3. The minimum absolute atomic E-state index is 0.0294. The maximum absolute atomic E-state index is 13.4. The number of aromatic hydroxyl groups is 1. The number of hydrogen-bond acceptors (Lipinski definition) is 3. The molecule has 0 unspecified atom stereocenters. The Bertz CT molecular complexity index is 887. The second-order valence-electron chi connectivity index (χ2n) is 6.78. The van der Waals surface area contributed by atoms with E-state index in [2.05, 4.69) is 10.6 Å². The van der Waals surface area contributed by atoms with Crippen LogP contribution in [0.15, 0.2) is 42.5 Å². The number of nitriles is 1. The standard InChI is InChI=1S/C14H16FN3O.C7H5F3O/c15-13-8-12(7-6-10(13)9-16)18-14(19)17-11-4-2-1-3-5-11;8-7(9,10)5-1-3-6(11)4-2-5/h6-8,11H,1-5H2,(H2,17,18,19);1-4,11H. The van der Waals surface area contributed by atoms with Gasteiger partial charge in [0.2, 0.25) is 0 Å². The van der Waals surface area contributed by atoms with Crippen molar-refractivity contribution in [3.05, 3.63) is 59.4 Å². The molecule has 2 amide bonds. The summed E-state index contributed by atoms with van der Waals surface area (Å²) in [7, 11) is 0. The van der Waals surface area contributed by atoms with Crippen molar-refractivity contribution in [3.63, 3.8) is 0 Å². The van der Waals surface area contributed by atoms with Gasteiger partial charge in [-0.2, -0.15) is 18.4 Å². The van der Waals surface area contributed by atoms with Gasteiger partial charge in [0, 0.05) is 11.7 Å². The van der Waals surface area contributed by atoms with Crippen LogP contribution in [0.1, 0.15) is 43.2 Å². The highest BCUT2D eigenvalue weighted by Gasteiger charge is 2.29. The van der Waals surface area contributed by atoms with Crippen molar-refractivity contribution < 1.29 is 27.5 Å². The van der Waals surface area contributed by atoms with Gasteiger partial charge >= 0.3 is 12.2 Å². The van der Waals surface area contributed by atoms with Crippen molar-refractivity contribution in [2.45, 2.75) is 44.3 Å². The fourth-order valence-corrected chi connectivity index (χ4v) is 2.93. The maximum atomic E-state index is 13.4. The van der Waals surface area contributed by atoms with Crippen LogP contribution in [0.5, 0.6) is 5.75 Å². The number of carbonyl (C=O) groups excluding carboxylic acids is 1. The number of amides is 2. The van der Waals surface area contributed by atoms with Gasteiger partial charge in [-0.05, 0) is 55.3 Å². The smallest absolute Gasteiger partial charge is 0.416 e. The van der Waals surface area contributed by atoms with Crippen LogP contribution in [0.2, 0.25) is 0 Å². The third kappa shape index (κ3) is 7.28. The van der Waals surface area contributed by atoms with Crippen molar-refractivity contribution in [1.82, 2.24) is 5.32 Å². The monoisotopic (exact) mass is 423 g/mol. The summed E-state index contributed by atoms with van der Waals surface area (Å²) >= 11 is 0. The van der Waals surface area contributed by atoms with Crippen LogP contribution in [0.4, 0.5) is 28.0 Å². The normalized spacial score (nSPS) is 14.1. The Hall–Kier alpha value is -3.28. The molecule has 5 nitrogen and oxygen atoms in total. The average Bonchev–Trinajstić information content (AvgIpc) is 2.69. The van der Waals surface area contributed by atoms with Gasteiger partial charge in [-0.25, -0.2) is 9.18 Å². The van der Waals surface area contributed by atoms with Crippen LogP contribution in [-0.2, 0) is 6.18 Å². The molecule has 9 heteroatoms. The van der Waals surface area contributed by atoms with Crippen molar-refractivity contribution in [1.29, 1.82) is 5.26 Å². The molecule has 1 fully saturated rings. The highest BCUT2D eigenvalue weighted by atomic mass is 19.4. The first-order valence-corrected chi connectivity index (χ1v) is 9.32. The average molecular weight is 423 g/mol. The van der Waals surface area contributed by atoms with Crippen LogP contribution < -0.4 is 10.6 Å². The van der Waals surface area contributed by atoms with Crippen molar-refractivity contribution >= 4 is 11.7 Å².